The van der Waals surface area contributed by atoms with Crippen LogP contribution in [-0.4, -0.2) is 60.2 Å². The van der Waals surface area contributed by atoms with Crippen molar-refractivity contribution >= 4 is 24.5 Å². The highest BCUT2D eigenvalue weighted by Gasteiger charge is 2.49. The predicted octanol–water partition coefficient (Wildman–Crippen LogP) is -0.409. The quantitative estimate of drug-likeness (QED) is 0.523. The van der Waals surface area contributed by atoms with Gasteiger partial charge < -0.3 is 19.5 Å². The molecule has 1 N–H and O–H groups in total. The Balaban J connectivity index is 2.91. The van der Waals surface area contributed by atoms with E-state index in [9.17, 15) is 9.59 Å². The van der Waals surface area contributed by atoms with Crippen molar-refractivity contribution in [3.63, 3.8) is 0 Å². The van der Waals surface area contributed by atoms with E-state index in [1.54, 1.807) is 0 Å². The van der Waals surface area contributed by atoms with E-state index in [-0.39, 0.29) is 24.6 Å². The molecule has 0 aromatic carbocycles. The smallest absolute Gasteiger partial charge is 0.326 e. The first kappa shape index (κ1) is 13.3. The maximum atomic E-state index is 11.5. The molecule has 0 radical (unpaired) electrons. The first-order chi connectivity index (χ1) is 7.49. The maximum absolute atomic E-state index is 11.5. The molecule has 0 aliphatic carbocycles. The average Bonchev–Trinajstić information content (AvgIpc) is 2.69. The van der Waals surface area contributed by atoms with Gasteiger partial charge >= 0.3 is 5.97 Å². The van der Waals surface area contributed by atoms with Crippen molar-refractivity contribution in [2.45, 2.75) is 18.2 Å². The molecule has 0 aromatic heterocycles. The van der Waals surface area contributed by atoms with Crippen molar-refractivity contribution < 1.29 is 24.2 Å². The Morgan fingerprint density at radius 1 is 1.50 bits per heavy atom. The summed E-state index contributed by atoms with van der Waals surface area (Å²) in [6.07, 6.45) is 0.120. The summed E-state index contributed by atoms with van der Waals surface area (Å²) in [6, 6.07) is -0.917. The summed E-state index contributed by atoms with van der Waals surface area (Å²) in [5.74, 6) is -2.47. The fourth-order valence-corrected chi connectivity index (χ4v) is 1.97. The molecule has 0 spiro atoms. The number of nitrogens with zero attached hydrogens (tertiary/aromatic N) is 1. The Hall–Kier alpha value is -0.790. The molecule has 0 aromatic rings. The van der Waals surface area contributed by atoms with Gasteiger partial charge in [-0.2, -0.15) is 12.6 Å². The summed E-state index contributed by atoms with van der Waals surface area (Å²) in [4.78, 5) is 23.8. The minimum absolute atomic E-state index is 0.0344. The minimum Gasteiger partial charge on any atom is -0.480 e. The van der Waals surface area contributed by atoms with Gasteiger partial charge in [-0.1, -0.05) is 0 Å². The monoisotopic (exact) mass is 249 g/mol. The lowest BCUT2D eigenvalue weighted by molar-refractivity contribution is -0.197. The zero-order valence-corrected chi connectivity index (χ0v) is 10.1. The van der Waals surface area contributed by atoms with E-state index in [4.69, 9.17) is 14.6 Å². The third-order valence-corrected chi connectivity index (χ3v) is 3.05. The number of hydrogen-bond acceptors (Lipinski definition) is 5. The molecule has 1 aliphatic heterocycles. The summed E-state index contributed by atoms with van der Waals surface area (Å²) in [5.41, 5.74) is 0. The number of methoxy groups -OCH3 is 2. The molecular formula is C9H15NO5S. The van der Waals surface area contributed by atoms with E-state index in [0.29, 0.717) is 0 Å². The molecule has 1 heterocycles. The second kappa shape index (κ2) is 5.03. The predicted molar refractivity (Wildman–Crippen MR) is 58.4 cm³/mol. The second-order valence-electron chi connectivity index (χ2n) is 3.56. The summed E-state index contributed by atoms with van der Waals surface area (Å²) in [5, 5.41) is 9.02. The van der Waals surface area contributed by atoms with Crippen LogP contribution in [0.4, 0.5) is 0 Å². The average molecular weight is 249 g/mol. The number of aliphatic carboxylic acids is 1. The van der Waals surface area contributed by atoms with Gasteiger partial charge in [0.2, 0.25) is 5.91 Å². The van der Waals surface area contributed by atoms with Gasteiger partial charge in [0.25, 0.3) is 0 Å². The lowest BCUT2D eigenvalue weighted by Gasteiger charge is -2.25. The van der Waals surface area contributed by atoms with Gasteiger partial charge in [0.05, 0.1) is 12.3 Å². The first-order valence-electron chi connectivity index (χ1n) is 4.73. The van der Waals surface area contributed by atoms with Crippen LogP contribution in [0.5, 0.6) is 0 Å². The van der Waals surface area contributed by atoms with Crippen LogP contribution < -0.4 is 0 Å². The number of ether oxygens (including phenoxy) is 2. The number of rotatable bonds is 4. The van der Waals surface area contributed by atoms with Crippen LogP contribution in [0.25, 0.3) is 0 Å². The third kappa shape index (κ3) is 2.31. The normalized spacial score (nSPS) is 23.4. The minimum atomic E-state index is -1.06. The van der Waals surface area contributed by atoms with Crippen LogP contribution in [0.15, 0.2) is 0 Å². The molecule has 1 saturated heterocycles. The standard InChI is InChI=1S/C9H15NO5S/c1-14-9(15-2)3-6(8(12)13)10(5-9)7(11)4-16/h6,16H,3-5H2,1-2H3,(H,12,13)/t6-/m0/s1. The molecule has 1 atom stereocenters. The molecule has 1 fully saturated rings. The molecule has 0 bridgehead atoms. The van der Waals surface area contributed by atoms with Crippen LogP contribution >= 0.6 is 12.6 Å². The van der Waals surface area contributed by atoms with Gasteiger partial charge in [-0.25, -0.2) is 4.79 Å². The van der Waals surface area contributed by atoms with Crippen molar-refractivity contribution in [2.24, 2.45) is 0 Å². The molecule has 7 heteroatoms. The fraction of sp³-hybridized carbons (Fsp3) is 0.778. The molecule has 0 saturated carbocycles. The van der Waals surface area contributed by atoms with Gasteiger partial charge in [0.15, 0.2) is 5.79 Å². The summed E-state index contributed by atoms with van der Waals surface area (Å²) in [7, 11) is 2.86. The first-order valence-corrected chi connectivity index (χ1v) is 5.36. The lowest BCUT2D eigenvalue weighted by Crippen LogP contribution is -2.42. The summed E-state index contributed by atoms with van der Waals surface area (Å²) in [6.45, 7) is 0.107. The number of carbonyl (C=O) groups is 2. The fourth-order valence-electron chi connectivity index (χ4n) is 1.79. The Labute approximate surface area is 98.9 Å². The zero-order valence-electron chi connectivity index (χ0n) is 9.17. The number of amides is 1. The highest BCUT2D eigenvalue weighted by Crippen LogP contribution is 2.31. The van der Waals surface area contributed by atoms with Gasteiger partial charge in [-0.05, 0) is 0 Å². The highest BCUT2D eigenvalue weighted by atomic mass is 32.1. The van der Waals surface area contributed by atoms with Crippen molar-refractivity contribution in [2.75, 3.05) is 26.5 Å². The maximum Gasteiger partial charge on any atom is 0.326 e. The molecule has 1 aliphatic rings. The zero-order chi connectivity index (χ0) is 12.3. The van der Waals surface area contributed by atoms with Crippen LogP contribution in [0.2, 0.25) is 0 Å². The van der Waals surface area contributed by atoms with Crippen LogP contribution in [-0.2, 0) is 19.1 Å². The lowest BCUT2D eigenvalue weighted by atomic mass is 10.1. The number of likely N-dealkylation sites (tertiary alicyclic amines) is 1. The van der Waals surface area contributed by atoms with E-state index >= 15 is 0 Å². The molecule has 1 rings (SSSR count). The van der Waals surface area contributed by atoms with Crippen molar-refractivity contribution in [3.05, 3.63) is 0 Å². The molecule has 1 amide bonds. The van der Waals surface area contributed by atoms with Gasteiger partial charge in [0.1, 0.15) is 6.04 Å². The van der Waals surface area contributed by atoms with Crippen molar-refractivity contribution in [1.29, 1.82) is 0 Å². The Morgan fingerprint density at radius 2 is 2.06 bits per heavy atom. The second-order valence-corrected chi connectivity index (χ2v) is 3.87. The number of hydrogen-bond donors (Lipinski definition) is 2. The van der Waals surface area contributed by atoms with E-state index in [0.717, 1.165) is 0 Å². The van der Waals surface area contributed by atoms with Gasteiger partial charge in [-0.15, -0.1) is 0 Å². The van der Waals surface area contributed by atoms with E-state index < -0.39 is 17.8 Å². The SMILES string of the molecule is COC1(OC)C[C@@H](C(=O)O)N(C(=O)CS)C1. The van der Waals surface area contributed by atoms with Crippen molar-refractivity contribution in [3.8, 4) is 0 Å². The molecule has 92 valence electrons. The number of carboxylic acid groups (broad SMARTS) is 1. The molecular weight excluding hydrogens is 234 g/mol. The highest BCUT2D eigenvalue weighted by molar-refractivity contribution is 7.81. The number of thiol groups is 1. The largest absolute Gasteiger partial charge is 0.480 e. The summed E-state index contributed by atoms with van der Waals surface area (Å²) < 4.78 is 10.3. The Bertz CT molecular complexity index is 292. The van der Waals surface area contributed by atoms with E-state index in [2.05, 4.69) is 12.6 Å². The van der Waals surface area contributed by atoms with Crippen molar-refractivity contribution in [1.82, 2.24) is 4.90 Å². The number of carboxylic acids is 1. The Kier molecular flexibility index (Phi) is 4.17. The topological polar surface area (TPSA) is 76.1 Å². The van der Waals surface area contributed by atoms with Crippen LogP contribution in [0, 0.1) is 0 Å². The number of carbonyl (C=O) groups excluding carboxylic acids is 1. The van der Waals surface area contributed by atoms with Crippen LogP contribution in [0.3, 0.4) is 0 Å². The van der Waals surface area contributed by atoms with Crippen LogP contribution in [0.1, 0.15) is 6.42 Å². The van der Waals surface area contributed by atoms with E-state index in [1.165, 1.54) is 19.1 Å². The third-order valence-electron chi connectivity index (χ3n) is 2.78. The van der Waals surface area contributed by atoms with Gasteiger partial charge in [0, 0.05) is 20.6 Å². The Morgan fingerprint density at radius 3 is 2.44 bits per heavy atom. The molecule has 6 nitrogen and oxygen atoms in total. The molecule has 0 unspecified atom stereocenters. The van der Waals surface area contributed by atoms with E-state index in [1.807, 2.05) is 0 Å². The summed E-state index contributed by atoms with van der Waals surface area (Å²) >= 11 is 3.85. The molecule has 16 heavy (non-hydrogen) atoms. The van der Waals surface area contributed by atoms with Gasteiger partial charge in [-0.3, -0.25) is 4.79 Å².